The summed E-state index contributed by atoms with van der Waals surface area (Å²) in [5.41, 5.74) is 3.71. The average molecular weight is 260 g/mol. The molecule has 0 saturated carbocycles. The molecule has 0 bridgehead atoms. The highest BCUT2D eigenvalue weighted by atomic mass is 15.4. The Morgan fingerprint density at radius 1 is 1.10 bits per heavy atom. The van der Waals surface area contributed by atoms with E-state index in [1.165, 1.54) is 0 Å². The van der Waals surface area contributed by atoms with Crippen LogP contribution in [0, 0.1) is 11.3 Å². The topological polar surface area (TPSA) is 54.5 Å². The van der Waals surface area contributed by atoms with Gasteiger partial charge in [-0.3, -0.25) is 0 Å². The van der Waals surface area contributed by atoms with Gasteiger partial charge in [-0.2, -0.15) is 5.26 Å². The molecular weight excluding hydrogens is 248 g/mol. The summed E-state index contributed by atoms with van der Waals surface area (Å²) in [7, 11) is 0. The average Bonchev–Trinajstić information content (AvgIpc) is 2.92. The normalized spacial score (nSPS) is 10.9. The smallest absolute Gasteiger partial charge is 0.113 e. The standard InChI is InChI=1S/C16H12N4/c17-12-14-9-7-13(8-10-14)4-3-11-20-16-6-2-1-5-15(16)18-19-20/h1-3,5-11H,4H2/b11-3+. The van der Waals surface area contributed by atoms with E-state index in [2.05, 4.69) is 16.4 Å². The molecule has 4 heteroatoms. The van der Waals surface area contributed by atoms with Crippen molar-refractivity contribution in [3.63, 3.8) is 0 Å². The van der Waals surface area contributed by atoms with Gasteiger partial charge in [-0.05, 0) is 36.2 Å². The number of fused-ring (bicyclic) bond motifs is 1. The molecule has 0 saturated heterocycles. The molecule has 0 N–H and O–H groups in total. The highest BCUT2D eigenvalue weighted by Gasteiger charge is 1.99. The van der Waals surface area contributed by atoms with Crippen LogP contribution in [0.25, 0.3) is 17.2 Å². The molecule has 0 radical (unpaired) electrons. The third-order valence-electron chi connectivity index (χ3n) is 3.06. The Morgan fingerprint density at radius 3 is 2.70 bits per heavy atom. The van der Waals surface area contributed by atoms with Crippen molar-refractivity contribution in [3.05, 3.63) is 65.7 Å². The molecule has 0 aliphatic heterocycles. The number of benzene rings is 2. The molecule has 0 amide bonds. The molecule has 0 aliphatic rings. The molecule has 0 atom stereocenters. The van der Waals surface area contributed by atoms with E-state index in [4.69, 9.17) is 5.26 Å². The molecule has 0 fully saturated rings. The fourth-order valence-corrected chi connectivity index (χ4v) is 2.00. The van der Waals surface area contributed by atoms with Crippen LogP contribution in [0.1, 0.15) is 11.1 Å². The second-order valence-corrected chi connectivity index (χ2v) is 4.42. The zero-order valence-electron chi connectivity index (χ0n) is 10.8. The predicted molar refractivity (Wildman–Crippen MR) is 77.7 cm³/mol. The van der Waals surface area contributed by atoms with Crippen LogP contribution in [0.3, 0.4) is 0 Å². The molecule has 0 spiro atoms. The lowest BCUT2D eigenvalue weighted by Crippen LogP contribution is -1.89. The number of rotatable bonds is 3. The van der Waals surface area contributed by atoms with Gasteiger partial charge >= 0.3 is 0 Å². The van der Waals surface area contributed by atoms with E-state index in [1.807, 2.05) is 60.8 Å². The summed E-state index contributed by atoms with van der Waals surface area (Å²) < 4.78 is 1.76. The quantitative estimate of drug-likeness (QED) is 0.727. The van der Waals surface area contributed by atoms with E-state index < -0.39 is 0 Å². The predicted octanol–water partition coefficient (Wildman–Crippen LogP) is 3.02. The number of hydrogen-bond donors (Lipinski definition) is 0. The van der Waals surface area contributed by atoms with Gasteiger partial charge in [0.05, 0.1) is 17.1 Å². The van der Waals surface area contributed by atoms with E-state index in [1.54, 1.807) is 4.68 Å². The number of allylic oxidation sites excluding steroid dienone is 1. The lowest BCUT2D eigenvalue weighted by Gasteiger charge is -1.97. The van der Waals surface area contributed by atoms with Crippen molar-refractivity contribution in [3.8, 4) is 6.07 Å². The van der Waals surface area contributed by atoms with Gasteiger partial charge in [0.1, 0.15) is 5.52 Å². The second kappa shape index (κ2) is 5.37. The minimum atomic E-state index is 0.681. The Labute approximate surface area is 116 Å². The number of hydrogen-bond acceptors (Lipinski definition) is 3. The van der Waals surface area contributed by atoms with Crippen molar-refractivity contribution in [2.45, 2.75) is 6.42 Å². The third kappa shape index (κ3) is 2.43. The van der Waals surface area contributed by atoms with Crippen molar-refractivity contribution in [2.75, 3.05) is 0 Å². The first-order valence-corrected chi connectivity index (χ1v) is 6.32. The first kappa shape index (κ1) is 12.1. The van der Waals surface area contributed by atoms with E-state index in [0.29, 0.717) is 5.56 Å². The second-order valence-electron chi connectivity index (χ2n) is 4.42. The van der Waals surface area contributed by atoms with Crippen molar-refractivity contribution < 1.29 is 0 Å². The van der Waals surface area contributed by atoms with Gasteiger partial charge in [0.2, 0.25) is 0 Å². The maximum absolute atomic E-state index is 8.75. The van der Waals surface area contributed by atoms with Crippen LogP contribution >= 0.6 is 0 Å². The summed E-state index contributed by atoms with van der Waals surface area (Å²) in [5.74, 6) is 0. The summed E-state index contributed by atoms with van der Waals surface area (Å²) >= 11 is 0. The first-order valence-electron chi connectivity index (χ1n) is 6.32. The lowest BCUT2D eigenvalue weighted by atomic mass is 10.1. The zero-order valence-corrected chi connectivity index (χ0v) is 10.8. The van der Waals surface area contributed by atoms with Gasteiger partial charge in [-0.1, -0.05) is 35.6 Å². The van der Waals surface area contributed by atoms with Crippen LogP contribution in [0.4, 0.5) is 0 Å². The fraction of sp³-hybridized carbons (Fsp3) is 0.0625. The van der Waals surface area contributed by atoms with Gasteiger partial charge < -0.3 is 0 Å². The van der Waals surface area contributed by atoms with Gasteiger partial charge in [0.15, 0.2) is 0 Å². The first-order chi connectivity index (χ1) is 9.86. The largest absolute Gasteiger partial charge is 0.220 e. The fourth-order valence-electron chi connectivity index (χ4n) is 2.00. The molecule has 2 aromatic carbocycles. The molecule has 20 heavy (non-hydrogen) atoms. The maximum atomic E-state index is 8.75. The number of para-hydroxylation sites is 1. The Hall–Kier alpha value is -2.93. The molecule has 3 aromatic rings. The molecule has 0 unspecified atom stereocenters. The number of nitriles is 1. The summed E-state index contributed by atoms with van der Waals surface area (Å²) in [6.45, 7) is 0. The molecule has 1 heterocycles. The van der Waals surface area contributed by atoms with Crippen molar-refractivity contribution in [1.29, 1.82) is 5.26 Å². The van der Waals surface area contributed by atoms with Crippen LogP contribution in [0.2, 0.25) is 0 Å². The van der Waals surface area contributed by atoms with E-state index in [-0.39, 0.29) is 0 Å². The summed E-state index contributed by atoms with van der Waals surface area (Å²) in [5, 5.41) is 16.9. The molecular formula is C16H12N4. The van der Waals surface area contributed by atoms with Crippen LogP contribution < -0.4 is 0 Å². The summed E-state index contributed by atoms with van der Waals surface area (Å²) in [6, 6.07) is 17.5. The Bertz CT molecular complexity index is 791. The Morgan fingerprint density at radius 2 is 1.90 bits per heavy atom. The minimum absolute atomic E-state index is 0.681. The van der Waals surface area contributed by atoms with Crippen LogP contribution in [-0.2, 0) is 6.42 Å². The zero-order chi connectivity index (χ0) is 13.8. The highest BCUT2D eigenvalue weighted by molar-refractivity contribution is 5.75. The molecule has 1 aromatic heterocycles. The van der Waals surface area contributed by atoms with Crippen LogP contribution in [0.15, 0.2) is 54.6 Å². The van der Waals surface area contributed by atoms with E-state index >= 15 is 0 Å². The SMILES string of the molecule is N#Cc1ccc(C/C=C/n2nnc3ccccc32)cc1. The van der Waals surface area contributed by atoms with Crippen LogP contribution in [0.5, 0.6) is 0 Å². The monoisotopic (exact) mass is 260 g/mol. The van der Waals surface area contributed by atoms with Gasteiger partial charge in [0.25, 0.3) is 0 Å². The number of nitrogens with zero attached hydrogens (tertiary/aromatic N) is 4. The Kier molecular flexibility index (Phi) is 3.25. The minimum Gasteiger partial charge on any atom is -0.220 e. The number of aromatic nitrogens is 3. The third-order valence-corrected chi connectivity index (χ3v) is 3.06. The summed E-state index contributed by atoms with van der Waals surface area (Å²) in [6.07, 6.45) is 4.73. The molecule has 0 aliphatic carbocycles. The van der Waals surface area contributed by atoms with Gasteiger partial charge in [-0.25, -0.2) is 4.68 Å². The van der Waals surface area contributed by atoms with Gasteiger partial charge in [0, 0.05) is 6.20 Å². The van der Waals surface area contributed by atoms with Gasteiger partial charge in [-0.15, -0.1) is 5.10 Å². The lowest BCUT2D eigenvalue weighted by molar-refractivity contribution is 0.859. The maximum Gasteiger partial charge on any atom is 0.113 e. The summed E-state index contributed by atoms with van der Waals surface area (Å²) in [4.78, 5) is 0. The van der Waals surface area contributed by atoms with Crippen molar-refractivity contribution in [2.24, 2.45) is 0 Å². The molecule has 4 nitrogen and oxygen atoms in total. The molecule has 3 rings (SSSR count). The highest BCUT2D eigenvalue weighted by Crippen LogP contribution is 2.10. The van der Waals surface area contributed by atoms with Crippen LogP contribution in [-0.4, -0.2) is 15.0 Å². The van der Waals surface area contributed by atoms with Crippen molar-refractivity contribution in [1.82, 2.24) is 15.0 Å². The van der Waals surface area contributed by atoms with Crippen molar-refractivity contribution >= 4 is 17.2 Å². The molecule has 96 valence electrons. The van der Waals surface area contributed by atoms with E-state index in [9.17, 15) is 0 Å². The Balaban J connectivity index is 1.75. The van der Waals surface area contributed by atoms with E-state index in [0.717, 1.165) is 23.0 Å².